The monoisotopic (exact) mass is 1010 g/mol. The van der Waals surface area contributed by atoms with Crippen molar-refractivity contribution in [1.29, 1.82) is 0 Å². The number of nitro groups is 2. The van der Waals surface area contributed by atoms with E-state index in [1.165, 1.54) is 24.3 Å². The van der Waals surface area contributed by atoms with Crippen molar-refractivity contribution in [1.82, 2.24) is 0 Å². The molecular weight excluding hydrogens is 984 g/mol. The average Bonchev–Trinajstić information content (AvgIpc) is 3.15. The number of phenols is 1. The molecule has 0 unspecified atom stereocenters. The first-order valence-corrected chi connectivity index (χ1v) is 23.4. The van der Waals surface area contributed by atoms with Crippen LogP contribution in [0.3, 0.4) is 0 Å². The molecule has 0 atom stereocenters. The van der Waals surface area contributed by atoms with Crippen molar-refractivity contribution in [3.8, 4) is 5.75 Å². The zero-order valence-electron chi connectivity index (χ0n) is 31.0. The summed E-state index contributed by atoms with van der Waals surface area (Å²) in [6, 6.07) is 9.46. The number of hydrogen-bond acceptors (Lipinski definition) is 22. The predicted octanol–water partition coefficient (Wildman–Crippen LogP) is 8.56. The lowest BCUT2D eigenvalue weighted by atomic mass is 10.1. The van der Waals surface area contributed by atoms with Crippen molar-refractivity contribution in [2.45, 2.75) is 27.0 Å². The smallest absolute Gasteiger partial charge is 0.311 e. The lowest BCUT2D eigenvalue weighted by molar-refractivity contribution is -0.395. The van der Waals surface area contributed by atoms with Gasteiger partial charge in [-0.15, -0.1) is 15.3 Å². The summed E-state index contributed by atoms with van der Waals surface area (Å²) in [5.41, 5.74) is -0.823. The summed E-state index contributed by atoms with van der Waals surface area (Å²) < 4.78 is 157. The summed E-state index contributed by atoms with van der Waals surface area (Å²) in [5, 5.41) is 50.2. The van der Waals surface area contributed by atoms with Crippen LogP contribution in [-0.2, 0) is 39.4 Å². The molecule has 34 heteroatoms. The maximum Gasteiger partial charge on any atom is 0.311 e. The highest BCUT2D eigenvalue weighted by atomic mass is 32.3. The molecule has 65 heavy (non-hydrogen) atoms. The molecule has 5 rings (SSSR count). The maximum absolute atomic E-state index is 14.5. The van der Waals surface area contributed by atoms with Gasteiger partial charge in [0.05, 0.1) is 62.0 Å². The van der Waals surface area contributed by atoms with E-state index in [-0.39, 0.29) is 18.8 Å². The Morgan fingerprint density at radius 1 is 0.785 bits per heavy atom. The van der Waals surface area contributed by atoms with Crippen molar-refractivity contribution in [2.75, 3.05) is 23.4 Å². The largest absolute Gasteiger partial charge is 0.505 e. The van der Waals surface area contributed by atoms with Crippen LogP contribution < -0.4 is 11.1 Å². The molecule has 0 aromatic heterocycles. The molecule has 0 fully saturated rings. The van der Waals surface area contributed by atoms with E-state index in [1.807, 2.05) is 0 Å². The highest BCUT2D eigenvalue weighted by molar-refractivity contribution is 8.19. The molecule has 0 aliphatic carbocycles. The lowest BCUT2D eigenvalue weighted by Crippen LogP contribution is -2.36. The van der Waals surface area contributed by atoms with E-state index in [2.05, 4.69) is 30.7 Å². The minimum atomic E-state index is -5.81. The molecule has 0 spiro atoms. The van der Waals surface area contributed by atoms with Crippen LogP contribution in [0.2, 0.25) is 0 Å². The fourth-order valence-corrected chi connectivity index (χ4v) is 7.92. The summed E-state index contributed by atoms with van der Waals surface area (Å²) >= 11 is 0.562. The van der Waals surface area contributed by atoms with Crippen LogP contribution in [0.15, 0.2) is 107 Å². The SMILES string of the molecule is C.Nc1c(N=Nc2cc(Nc3cc(F)c([N+](=O)[O-])cc3[N+](=O)[O-])ccc2S(=O)(=O)O)c(S(=O)(=O)O)cc2cc(S(O)(O)O)c(N=Nc3ccc(SOOCCS(=O)(O)(O)O)cc3)c(O)c12. The number of nitrogens with one attached hydrogen (secondary N) is 1. The summed E-state index contributed by atoms with van der Waals surface area (Å²) in [4.78, 5) is 22.1. The topological polar surface area (TPSA) is 460 Å². The van der Waals surface area contributed by atoms with Gasteiger partial charge in [0.15, 0.2) is 15.7 Å². The van der Waals surface area contributed by atoms with Crippen LogP contribution in [0.25, 0.3) is 10.8 Å². The first-order valence-electron chi connectivity index (χ1n) is 16.3. The Kier molecular flexibility index (Phi) is 15.0. The van der Waals surface area contributed by atoms with Gasteiger partial charge in [0.2, 0.25) is 5.82 Å². The van der Waals surface area contributed by atoms with Crippen LogP contribution in [0.5, 0.6) is 5.75 Å². The number of nitro benzene ring substituents is 2. The number of nitrogen functional groups attached to an aromatic ring is 1. The van der Waals surface area contributed by atoms with Gasteiger partial charge in [-0.25, -0.2) is 9.10 Å². The third-order valence-electron chi connectivity index (χ3n) is 7.92. The van der Waals surface area contributed by atoms with Crippen LogP contribution >= 0.6 is 22.9 Å². The van der Waals surface area contributed by atoms with Gasteiger partial charge in [-0.3, -0.25) is 43.0 Å². The second kappa shape index (κ2) is 18.9. The van der Waals surface area contributed by atoms with Gasteiger partial charge < -0.3 is 29.8 Å². The average molecular weight is 1010 g/mol. The molecule has 0 saturated heterocycles. The van der Waals surface area contributed by atoms with E-state index in [4.69, 9.17) is 23.7 Å². The molecule has 5 aromatic carbocycles. The van der Waals surface area contributed by atoms with Gasteiger partial charge >= 0.3 is 5.69 Å². The number of rotatable bonds is 17. The molecule has 28 nitrogen and oxygen atoms in total. The van der Waals surface area contributed by atoms with Gasteiger partial charge in [-0.05, 0) is 60.0 Å². The van der Waals surface area contributed by atoms with Crippen LogP contribution in [0.4, 0.5) is 55.6 Å². The minimum Gasteiger partial charge on any atom is -0.505 e. The van der Waals surface area contributed by atoms with E-state index in [0.717, 1.165) is 12.1 Å². The fourth-order valence-electron chi connectivity index (χ4n) is 5.16. The standard InChI is InChI=1S/C30H27FN8O20S5.CH4/c31-18-12-19(22(39(43)44)13-21(18)38(41)42)33-16-3-6-23(61(45,46)47)20(11-16)35-36-28-24(62(48,49)50)9-14-10-25(63(51,52)53)29(30(40)26(14)27(28)32)37-34-15-1-4-17(5-2-15)60-59-58-7-8-64(54,55,56)57;/h1-6,9-13,33,40,51-53H,7-8,32H2,(H,45,46,47)(H,48,49,50)(H3,54,55,56,57);1H4. The number of phenolic OH excluding ortho intramolecular Hbond substituents is 1. The summed E-state index contributed by atoms with van der Waals surface area (Å²) in [5.74, 6) is -3.73. The van der Waals surface area contributed by atoms with E-state index in [1.54, 1.807) is 0 Å². The Bertz CT molecular complexity index is 3080. The maximum atomic E-state index is 14.5. The summed E-state index contributed by atoms with van der Waals surface area (Å²) in [6.07, 6.45) is 0. The van der Waals surface area contributed by atoms with E-state index in [0.29, 0.717) is 47.3 Å². The number of azo groups is 2. The third-order valence-corrected chi connectivity index (χ3v) is 12.1. The Hall–Kier alpha value is -5.96. The van der Waals surface area contributed by atoms with E-state index in [9.17, 15) is 73.5 Å². The number of anilines is 3. The molecule has 0 heterocycles. The van der Waals surface area contributed by atoms with Crippen molar-refractivity contribution in [3.05, 3.63) is 92.8 Å². The summed E-state index contributed by atoms with van der Waals surface area (Å²) in [6.45, 7) is -0.698. The molecule has 0 bridgehead atoms. The minimum absolute atomic E-state index is 0. The lowest BCUT2D eigenvalue weighted by Gasteiger charge is -2.22. The highest BCUT2D eigenvalue weighted by Crippen LogP contribution is 2.56. The number of fused-ring (bicyclic) bond motifs is 1. The Balaban J connectivity index is 0.00000925. The van der Waals surface area contributed by atoms with Crippen LogP contribution in [-0.4, -0.2) is 84.8 Å². The molecular formula is C31H31FN8O20S5. The summed E-state index contributed by atoms with van der Waals surface area (Å²) in [7, 11) is -21.3. The van der Waals surface area contributed by atoms with E-state index >= 15 is 0 Å². The fraction of sp³-hybridized carbons (Fsp3) is 0.0968. The third kappa shape index (κ3) is 12.9. The molecule has 0 aliphatic heterocycles. The van der Waals surface area contributed by atoms with E-state index < -0.39 is 140 Å². The first kappa shape index (κ1) is 51.7. The number of aromatic hydroxyl groups is 1. The normalized spacial score (nSPS) is 13.4. The molecule has 352 valence electrons. The second-order valence-electron chi connectivity index (χ2n) is 12.5. The van der Waals surface area contributed by atoms with Crippen LogP contribution in [0.1, 0.15) is 7.43 Å². The molecule has 0 amide bonds. The van der Waals surface area contributed by atoms with Crippen molar-refractivity contribution >= 4 is 115 Å². The Morgan fingerprint density at radius 3 is 1.92 bits per heavy atom. The van der Waals surface area contributed by atoms with Crippen LogP contribution in [0, 0.1) is 26.0 Å². The Morgan fingerprint density at radius 2 is 1.37 bits per heavy atom. The molecule has 12 N–H and O–H groups in total. The Labute approximate surface area is 369 Å². The molecule has 0 saturated carbocycles. The second-order valence-corrected chi connectivity index (χ2v) is 19.9. The first-order chi connectivity index (χ1) is 29.4. The highest BCUT2D eigenvalue weighted by Gasteiger charge is 2.31. The van der Waals surface area contributed by atoms with Crippen molar-refractivity contribution < 1.29 is 86.0 Å². The number of nitrogens with two attached hydrogens (primary N) is 1. The zero-order chi connectivity index (χ0) is 47.8. The van der Waals surface area contributed by atoms with Gasteiger partial charge in [0, 0.05) is 16.6 Å². The van der Waals surface area contributed by atoms with Gasteiger partial charge in [-0.2, -0.15) is 30.7 Å². The van der Waals surface area contributed by atoms with Crippen molar-refractivity contribution in [2.24, 2.45) is 20.5 Å². The predicted molar refractivity (Wildman–Crippen MR) is 228 cm³/mol. The quantitative estimate of drug-likeness (QED) is 0.00607. The molecule has 0 radical (unpaired) electrons. The molecule has 0 aliphatic rings. The zero-order valence-corrected chi connectivity index (χ0v) is 35.0. The van der Waals surface area contributed by atoms with Gasteiger partial charge in [0.25, 0.3) is 25.9 Å². The van der Waals surface area contributed by atoms with Gasteiger partial charge in [-0.1, -0.05) is 7.43 Å². The number of benzene rings is 5. The van der Waals surface area contributed by atoms with Gasteiger partial charge in [0.1, 0.15) is 43.4 Å². The van der Waals surface area contributed by atoms with Crippen molar-refractivity contribution in [3.63, 3.8) is 0 Å². The molecule has 5 aromatic rings. The number of halogens is 1. The number of hydrogen-bond donors (Lipinski definition) is 11. The number of nitrogens with zero attached hydrogens (tertiary/aromatic N) is 6.